The molecule has 0 spiro atoms. The predicted molar refractivity (Wildman–Crippen MR) is 125 cm³/mol. The van der Waals surface area contributed by atoms with E-state index in [0.29, 0.717) is 16.9 Å². The van der Waals surface area contributed by atoms with Crippen molar-refractivity contribution in [3.05, 3.63) is 84.4 Å². The molecule has 4 rings (SSSR count). The van der Waals surface area contributed by atoms with Crippen LogP contribution in [-0.2, 0) is 24.3 Å². The van der Waals surface area contributed by atoms with E-state index in [1.807, 2.05) is 30.3 Å². The third kappa shape index (κ3) is 5.70. The summed E-state index contributed by atoms with van der Waals surface area (Å²) in [6.45, 7) is -0.956. The van der Waals surface area contributed by atoms with Crippen LogP contribution in [0.25, 0.3) is 0 Å². The normalized spacial score (nSPS) is 15.0. The zero-order chi connectivity index (χ0) is 24.0. The lowest BCUT2D eigenvalue weighted by molar-refractivity contribution is -0.145. The van der Waals surface area contributed by atoms with Crippen molar-refractivity contribution >= 4 is 44.8 Å². The number of sulfonamides is 1. The van der Waals surface area contributed by atoms with E-state index >= 15 is 0 Å². The van der Waals surface area contributed by atoms with E-state index in [-0.39, 0.29) is 10.7 Å². The molecular weight excluding hydrogens is 458 g/mol. The Morgan fingerprint density at radius 2 is 1.50 bits per heavy atom. The van der Waals surface area contributed by atoms with Crippen LogP contribution in [0.15, 0.2) is 99.0 Å². The maximum atomic E-state index is 12.1. The number of azo groups is 1. The van der Waals surface area contributed by atoms with E-state index in [1.165, 1.54) is 6.07 Å². The van der Waals surface area contributed by atoms with Crippen LogP contribution in [0.5, 0.6) is 0 Å². The van der Waals surface area contributed by atoms with Gasteiger partial charge in [-0.05, 0) is 48.5 Å². The highest BCUT2D eigenvalue weighted by molar-refractivity contribution is 7.90. The van der Waals surface area contributed by atoms with Gasteiger partial charge in [-0.1, -0.05) is 30.3 Å². The molecular formula is C23H19N5O5S. The van der Waals surface area contributed by atoms with Gasteiger partial charge in [0.15, 0.2) is 6.61 Å². The quantitative estimate of drug-likeness (QED) is 0.397. The molecule has 2 N–H and O–H groups in total. The lowest BCUT2D eigenvalue weighted by Crippen LogP contribution is -2.25. The number of nitrogens with one attached hydrogen (secondary N) is 2. The molecule has 0 unspecified atom stereocenters. The van der Waals surface area contributed by atoms with Gasteiger partial charge in [-0.25, -0.2) is 8.42 Å². The van der Waals surface area contributed by atoms with Crippen molar-refractivity contribution in [2.75, 3.05) is 18.5 Å². The third-order valence-electron chi connectivity index (χ3n) is 4.58. The topological polar surface area (TPSA) is 139 Å². The summed E-state index contributed by atoms with van der Waals surface area (Å²) in [6, 6.07) is 22.2. The highest BCUT2D eigenvalue weighted by Crippen LogP contribution is 2.22. The molecule has 0 radical (unpaired) electrons. The fraction of sp³-hybridized carbons (Fsp3) is 0.0870. The first-order chi connectivity index (χ1) is 16.4. The van der Waals surface area contributed by atoms with Gasteiger partial charge in [0.2, 0.25) is 0 Å². The number of hydrogen-bond donors (Lipinski definition) is 2. The number of esters is 1. The number of aliphatic imine (C=N–C) groups is 1. The molecule has 3 aromatic rings. The number of benzene rings is 3. The molecule has 0 fully saturated rings. The van der Waals surface area contributed by atoms with E-state index in [9.17, 15) is 18.0 Å². The molecule has 11 heteroatoms. The van der Waals surface area contributed by atoms with E-state index in [4.69, 9.17) is 4.74 Å². The number of amidine groups is 1. The maximum Gasteiger partial charge on any atom is 0.328 e. The Labute approximate surface area is 195 Å². The number of fused-ring (bicyclic) bond motifs is 1. The number of rotatable bonds is 7. The van der Waals surface area contributed by atoms with Crippen molar-refractivity contribution in [2.24, 2.45) is 15.2 Å². The highest BCUT2D eigenvalue weighted by Gasteiger charge is 2.30. The first kappa shape index (κ1) is 22.8. The average Bonchev–Trinajstić information content (AvgIpc) is 3.12. The maximum absolute atomic E-state index is 12.1. The summed E-state index contributed by atoms with van der Waals surface area (Å²) < 4.78 is 31.3. The minimum atomic E-state index is -3.69. The standard InChI is InChI=1S/C23H19N5O5S/c29-21(25-16-10-12-18(13-11-16)27-26-17-6-2-1-3-7-17)15-33-22(30)14-24-23-19-8-4-5-9-20(19)34(31,32)28-23/h1-13H,14-15H2,(H,24,28)(H,25,29). The zero-order valence-corrected chi connectivity index (χ0v) is 18.5. The van der Waals surface area contributed by atoms with Gasteiger partial charge in [0.25, 0.3) is 15.9 Å². The summed E-state index contributed by atoms with van der Waals surface area (Å²) in [7, 11) is -3.69. The number of ether oxygens (including phenoxy) is 1. The molecule has 0 saturated heterocycles. The molecule has 0 saturated carbocycles. The summed E-state index contributed by atoms with van der Waals surface area (Å²) in [4.78, 5) is 28.1. The summed E-state index contributed by atoms with van der Waals surface area (Å²) in [5.74, 6) is -1.25. The van der Waals surface area contributed by atoms with E-state index < -0.39 is 35.1 Å². The second-order valence-electron chi connectivity index (χ2n) is 7.06. The molecule has 0 bridgehead atoms. The molecule has 0 aromatic heterocycles. The smallest absolute Gasteiger partial charge is 0.328 e. The average molecular weight is 478 g/mol. The van der Waals surface area contributed by atoms with Crippen molar-refractivity contribution in [1.82, 2.24) is 4.72 Å². The number of nitrogens with zero attached hydrogens (tertiary/aromatic N) is 3. The van der Waals surface area contributed by atoms with Crippen LogP contribution in [-0.4, -0.2) is 39.3 Å². The Bertz CT molecular complexity index is 1370. The molecule has 0 atom stereocenters. The molecule has 3 aromatic carbocycles. The fourth-order valence-electron chi connectivity index (χ4n) is 3.01. The zero-order valence-electron chi connectivity index (χ0n) is 17.7. The predicted octanol–water partition coefficient (Wildman–Crippen LogP) is 3.32. The Morgan fingerprint density at radius 3 is 2.24 bits per heavy atom. The van der Waals surface area contributed by atoms with Gasteiger partial charge in [-0.2, -0.15) is 10.2 Å². The minimum absolute atomic E-state index is 0.0569. The highest BCUT2D eigenvalue weighted by atomic mass is 32.2. The van der Waals surface area contributed by atoms with E-state index in [2.05, 4.69) is 25.3 Å². The van der Waals surface area contributed by atoms with Crippen LogP contribution < -0.4 is 10.0 Å². The lowest BCUT2D eigenvalue weighted by Gasteiger charge is -2.06. The van der Waals surface area contributed by atoms with Crippen LogP contribution in [0.1, 0.15) is 5.56 Å². The molecule has 1 heterocycles. The van der Waals surface area contributed by atoms with Crippen molar-refractivity contribution < 1.29 is 22.7 Å². The Balaban J connectivity index is 1.25. The Kier molecular flexibility index (Phi) is 6.74. The first-order valence-corrected chi connectivity index (χ1v) is 11.6. The SMILES string of the molecule is O=C(COC(=O)CN=C1NS(=O)(=O)c2ccccc21)Nc1ccc(N=Nc2ccccc2)cc1. The molecule has 1 aliphatic rings. The molecule has 0 aliphatic carbocycles. The van der Waals surface area contributed by atoms with E-state index in [0.717, 1.165) is 5.69 Å². The number of hydrogen-bond acceptors (Lipinski definition) is 8. The largest absolute Gasteiger partial charge is 0.454 e. The third-order valence-corrected chi connectivity index (χ3v) is 5.98. The van der Waals surface area contributed by atoms with Gasteiger partial charge in [0.1, 0.15) is 12.4 Å². The van der Waals surface area contributed by atoms with Crippen LogP contribution in [0.3, 0.4) is 0 Å². The molecule has 1 aliphatic heterocycles. The number of carbonyl (C=O) groups is 2. The minimum Gasteiger partial charge on any atom is -0.454 e. The van der Waals surface area contributed by atoms with Gasteiger partial charge in [-0.3, -0.25) is 19.3 Å². The number of amides is 1. The fourth-order valence-corrected chi connectivity index (χ4v) is 4.26. The summed E-state index contributed by atoms with van der Waals surface area (Å²) in [6.07, 6.45) is 0. The number of carbonyl (C=O) groups excluding carboxylic acids is 2. The first-order valence-electron chi connectivity index (χ1n) is 10.1. The van der Waals surface area contributed by atoms with Crippen LogP contribution in [0, 0.1) is 0 Å². The van der Waals surface area contributed by atoms with Crippen molar-refractivity contribution in [1.29, 1.82) is 0 Å². The van der Waals surface area contributed by atoms with Gasteiger partial charge in [0.05, 0.1) is 16.3 Å². The van der Waals surface area contributed by atoms with Crippen LogP contribution in [0.4, 0.5) is 17.1 Å². The summed E-state index contributed by atoms with van der Waals surface area (Å²) in [5.41, 5.74) is 2.20. The molecule has 1 amide bonds. The van der Waals surface area contributed by atoms with Gasteiger partial charge >= 0.3 is 5.97 Å². The van der Waals surface area contributed by atoms with Crippen molar-refractivity contribution in [3.8, 4) is 0 Å². The second kappa shape index (κ2) is 10.0. The Morgan fingerprint density at radius 1 is 0.853 bits per heavy atom. The molecule has 172 valence electrons. The van der Waals surface area contributed by atoms with E-state index in [1.54, 1.807) is 42.5 Å². The second-order valence-corrected chi connectivity index (χ2v) is 8.71. The van der Waals surface area contributed by atoms with Gasteiger partial charge in [-0.15, -0.1) is 0 Å². The van der Waals surface area contributed by atoms with Gasteiger partial charge < -0.3 is 10.1 Å². The summed E-state index contributed by atoms with van der Waals surface area (Å²) >= 11 is 0. The van der Waals surface area contributed by atoms with Crippen LogP contribution >= 0.6 is 0 Å². The molecule has 34 heavy (non-hydrogen) atoms. The monoisotopic (exact) mass is 477 g/mol. The Hall–Kier alpha value is -4.38. The summed E-state index contributed by atoms with van der Waals surface area (Å²) in [5, 5.41) is 10.8. The van der Waals surface area contributed by atoms with Crippen molar-refractivity contribution in [3.63, 3.8) is 0 Å². The van der Waals surface area contributed by atoms with Gasteiger partial charge in [0, 0.05) is 11.3 Å². The lowest BCUT2D eigenvalue weighted by atomic mass is 10.2. The van der Waals surface area contributed by atoms with Crippen LogP contribution in [0.2, 0.25) is 0 Å². The number of anilines is 1. The molecule has 10 nitrogen and oxygen atoms in total. The van der Waals surface area contributed by atoms with Crippen molar-refractivity contribution in [2.45, 2.75) is 4.90 Å².